The highest BCUT2D eigenvalue weighted by Crippen LogP contribution is 2.05. The predicted octanol–water partition coefficient (Wildman–Crippen LogP) is 0.826. The van der Waals surface area contributed by atoms with E-state index in [1.165, 1.54) is 6.08 Å². The molecule has 4 nitrogen and oxygen atoms in total. The Kier molecular flexibility index (Phi) is 5.36. The normalized spacial score (nSPS) is 23.2. The van der Waals surface area contributed by atoms with E-state index in [4.69, 9.17) is 9.47 Å². The first-order valence-corrected chi connectivity index (χ1v) is 5.39. The summed E-state index contributed by atoms with van der Waals surface area (Å²) < 4.78 is 10.1. The molecule has 0 aromatic rings. The number of carbonyl (C=O) groups is 1. The van der Waals surface area contributed by atoms with Crippen LogP contribution in [0.5, 0.6) is 0 Å². The van der Waals surface area contributed by atoms with Crippen LogP contribution in [0.25, 0.3) is 0 Å². The highest BCUT2D eigenvalue weighted by molar-refractivity contribution is 5.81. The van der Waals surface area contributed by atoms with Crippen molar-refractivity contribution in [3.8, 4) is 0 Å². The highest BCUT2D eigenvalue weighted by atomic mass is 16.5. The Balaban J connectivity index is 2.25. The van der Waals surface area contributed by atoms with Crippen molar-refractivity contribution in [1.29, 1.82) is 0 Å². The van der Waals surface area contributed by atoms with Gasteiger partial charge in [0.1, 0.15) is 0 Å². The van der Waals surface area contributed by atoms with Gasteiger partial charge in [-0.1, -0.05) is 6.08 Å². The van der Waals surface area contributed by atoms with Crippen LogP contribution >= 0.6 is 0 Å². The van der Waals surface area contributed by atoms with Crippen LogP contribution in [0.15, 0.2) is 12.2 Å². The van der Waals surface area contributed by atoms with E-state index in [0.717, 1.165) is 26.3 Å². The number of rotatable bonds is 4. The molecular formula is C11H19NO3. The minimum Gasteiger partial charge on any atom is -0.463 e. The minimum absolute atomic E-state index is 0.265. The van der Waals surface area contributed by atoms with E-state index in [1.807, 2.05) is 6.08 Å². The summed E-state index contributed by atoms with van der Waals surface area (Å²) in [6.45, 7) is 7.60. The van der Waals surface area contributed by atoms with Crippen molar-refractivity contribution in [3.05, 3.63) is 12.2 Å². The van der Waals surface area contributed by atoms with Crippen LogP contribution in [-0.2, 0) is 14.3 Å². The summed E-state index contributed by atoms with van der Waals surface area (Å²) in [6, 6.07) is 0.422. The van der Waals surface area contributed by atoms with E-state index < -0.39 is 0 Å². The first-order valence-electron chi connectivity index (χ1n) is 5.39. The zero-order chi connectivity index (χ0) is 11.1. The zero-order valence-corrected chi connectivity index (χ0v) is 9.44. The molecule has 0 aromatic carbocycles. The van der Waals surface area contributed by atoms with Crippen molar-refractivity contribution < 1.29 is 14.3 Å². The molecule has 1 unspecified atom stereocenters. The third kappa shape index (κ3) is 4.44. The first kappa shape index (κ1) is 12.2. The van der Waals surface area contributed by atoms with Crippen LogP contribution in [0.4, 0.5) is 0 Å². The van der Waals surface area contributed by atoms with E-state index in [9.17, 15) is 4.79 Å². The average Bonchev–Trinajstić information content (AvgIpc) is 2.21. The summed E-state index contributed by atoms with van der Waals surface area (Å²) in [5.41, 5.74) is 0. The van der Waals surface area contributed by atoms with Crippen molar-refractivity contribution in [2.75, 3.05) is 32.9 Å². The van der Waals surface area contributed by atoms with Gasteiger partial charge >= 0.3 is 5.97 Å². The van der Waals surface area contributed by atoms with Crippen LogP contribution in [0.3, 0.4) is 0 Å². The largest absolute Gasteiger partial charge is 0.463 e. The van der Waals surface area contributed by atoms with Gasteiger partial charge in [0, 0.05) is 25.2 Å². The second-order valence-corrected chi connectivity index (χ2v) is 3.57. The molecule has 0 spiro atoms. The van der Waals surface area contributed by atoms with Crippen molar-refractivity contribution >= 4 is 5.97 Å². The molecule has 1 saturated heterocycles. The topological polar surface area (TPSA) is 38.8 Å². The highest BCUT2D eigenvalue weighted by Gasteiger charge is 2.16. The van der Waals surface area contributed by atoms with Gasteiger partial charge in [-0.05, 0) is 13.8 Å². The third-order valence-corrected chi connectivity index (χ3v) is 2.39. The molecule has 15 heavy (non-hydrogen) atoms. The number of ether oxygens (including phenoxy) is 2. The first-order chi connectivity index (χ1) is 7.24. The van der Waals surface area contributed by atoms with Gasteiger partial charge in [-0.2, -0.15) is 0 Å². The summed E-state index contributed by atoms with van der Waals surface area (Å²) in [5.74, 6) is -0.265. The molecule has 1 atom stereocenters. The minimum atomic E-state index is -0.265. The quantitative estimate of drug-likeness (QED) is 0.512. The lowest BCUT2D eigenvalue weighted by molar-refractivity contribution is -0.137. The number of morpholine rings is 1. The smallest absolute Gasteiger partial charge is 0.330 e. The van der Waals surface area contributed by atoms with Crippen molar-refractivity contribution in [3.63, 3.8) is 0 Å². The fourth-order valence-corrected chi connectivity index (χ4v) is 1.51. The monoisotopic (exact) mass is 213 g/mol. The van der Waals surface area contributed by atoms with Crippen LogP contribution in [0.2, 0.25) is 0 Å². The molecule has 0 amide bonds. The Bertz CT molecular complexity index is 228. The van der Waals surface area contributed by atoms with Gasteiger partial charge in [0.25, 0.3) is 0 Å². The molecule has 0 saturated carbocycles. The van der Waals surface area contributed by atoms with E-state index in [0.29, 0.717) is 12.6 Å². The molecule has 0 bridgehead atoms. The summed E-state index contributed by atoms with van der Waals surface area (Å²) in [6.07, 6.45) is 3.34. The molecule has 0 aromatic heterocycles. The van der Waals surface area contributed by atoms with Gasteiger partial charge in [-0.25, -0.2) is 4.79 Å². The lowest BCUT2D eigenvalue weighted by Crippen LogP contribution is -2.43. The molecule has 0 aliphatic carbocycles. The van der Waals surface area contributed by atoms with Crippen molar-refractivity contribution in [2.45, 2.75) is 19.9 Å². The Morgan fingerprint density at radius 1 is 1.67 bits per heavy atom. The number of hydrogen-bond donors (Lipinski definition) is 0. The molecule has 1 heterocycles. The number of nitrogens with zero attached hydrogens (tertiary/aromatic N) is 1. The van der Waals surface area contributed by atoms with Crippen LogP contribution in [-0.4, -0.2) is 49.8 Å². The Morgan fingerprint density at radius 3 is 3.13 bits per heavy atom. The molecule has 86 valence electrons. The fourth-order valence-electron chi connectivity index (χ4n) is 1.51. The van der Waals surface area contributed by atoms with Gasteiger partial charge in [-0.3, -0.25) is 4.90 Å². The number of hydrogen-bond acceptors (Lipinski definition) is 4. The maximum absolute atomic E-state index is 11.0. The molecule has 1 fully saturated rings. The van der Waals surface area contributed by atoms with Crippen molar-refractivity contribution in [2.24, 2.45) is 0 Å². The van der Waals surface area contributed by atoms with Gasteiger partial charge < -0.3 is 9.47 Å². The molecular weight excluding hydrogens is 194 g/mol. The van der Waals surface area contributed by atoms with Crippen molar-refractivity contribution in [1.82, 2.24) is 4.90 Å². The van der Waals surface area contributed by atoms with E-state index in [1.54, 1.807) is 6.92 Å². The van der Waals surface area contributed by atoms with E-state index >= 15 is 0 Å². The predicted molar refractivity (Wildman–Crippen MR) is 57.6 cm³/mol. The van der Waals surface area contributed by atoms with Gasteiger partial charge in [0.15, 0.2) is 0 Å². The number of carbonyl (C=O) groups excluding carboxylic acids is 1. The molecule has 1 aliphatic heterocycles. The zero-order valence-electron chi connectivity index (χ0n) is 9.44. The molecule has 1 rings (SSSR count). The van der Waals surface area contributed by atoms with Gasteiger partial charge in [0.05, 0.1) is 19.8 Å². The summed E-state index contributed by atoms with van der Waals surface area (Å²) in [5, 5.41) is 0. The summed E-state index contributed by atoms with van der Waals surface area (Å²) >= 11 is 0. The van der Waals surface area contributed by atoms with Crippen LogP contribution < -0.4 is 0 Å². The summed E-state index contributed by atoms with van der Waals surface area (Å²) in [4.78, 5) is 13.3. The summed E-state index contributed by atoms with van der Waals surface area (Å²) in [7, 11) is 0. The van der Waals surface area contributed by atoms with Gasteiger partial charge in [0.2, 0.25) is 0 Å². The SMILES string of the molecule is CCOC(=O)/C=C/CN1CCOCC1C. The molecule has 1 aliphatic rings. The third-order valence-electron chi connectivity index (χ3n) is 2.39. The Hall–Kier alpha value is -0.870. The van der Waals surface area contributed by atoms with E-state index in [2.05, 4.69) is 11.8 Å². The second kappa shape index (κ2) is 6.58. The maximum Gasteiger partial charge on any atom is 0.330 e. The Morgan fingerprint density at radius 2 is 2.47 bits per heavy atom. The molecule has 4 heteroatoms. The van der Waals surface area contributed by atoms with Gasteiger partial charge in [-0.15, -0.1) is 0 Å². The lowest BCUT2D eigenvalue weighted by atomic mass is 10.2. The lowest BCUT2D eigenvalue weighted by Gasteiger charge is -2.32. The average molecular weight is 213 g/mol. The fraction of sp³-hybridized carbons (Fsp3) is 0.727. The molecule has 0 radical (unpaired) electrons. The standard InChI is InChI=1S/C11H19NO3/c1-3-15-11(13)5-4-6-12-7-8-14-9-10(12)2/h4-5,10H,3,6-9H2,1-2H3/b5-4+. The number of esters is 1. The Labute approximate surface area is 90.8 Å². The maximum atomic E-state index is 11.0. The second-order valence-electron chi connectivity index (χ2n) is 3.57. The van der Waals surface area contributed by atoms with E-state index in [-0.39, 0.29) is 5.97 Å². The molecule has 0 N–H and O–H groups in total. The van der Waals surface area contributed by atoms with Crippen LogP contribution in [0.1, 0.15) is 13.8 Å². The van der Waals surface area contributed by atoms with Crippen LogP contribution in [0, 0.1) is 0 Å².